The van der Waals surface area contributed by atoms with Gasteiger partial charge in [0.25, 0.3) is 5.91 Å². The molecule has 1 N–H and O–H groups in total. The highest BCUT2D eigenvalue weighted by atomic mass is 16.4. The second-order valence-electron chi connectivity index (χ2n) is 6.57. The van der Waals surface area contributed by atoms with Gasteiger partial charge in [-0.15, -0.1) is 0 Å². The van der Waals surface area contributed by atoms with E-state index < -0.39 is 0 Å². The minimum absolute atomic E-state index is 0.0617. The summed E-state index contributed by atoms with van der Waals surface area (Å²) < 4.78 is 5.40. The SMILES string of the molecule is CCCN1C[C@H](NC(=O)c2oc(C)nc2C)C[C@H]1C(=O)N(CC)CC. The van der Waals surface area contributed by atoms with Crippen molar-refractivity contribution in [3.8, 4) is 0 Å². The van der Waals surface area contributed by atoms with Gasteiger partial charge in [0, 0.05) is 32.6 Å². The number of likely N-dealkylation sites (N-methyl/N-ethyl adjacent to an activating group) is 1. The number of aryl methyl sites for hydroxylation is 2. The van der Waals surface area contributed by atoms with Gasteiger partial charge in [-0.1, -0.05) is 6.92 Å². The van der Waals surface area contributed by atoms with Crippen LogP contribution in [0.1, 0.15) is 55.8 Å². The Kier molecular flexibility index (Phi) is 6.58. The standard InChI is InChI=1S/C18H30N4O3/c1-6-9-22-11-14(10-15(22)18(24)21(7-2)8-3)20-17(23)16-12(4)19-13(5)25-16/h14-15H,6-11H2,1-5H3,(H,20,23)/t14-,15+/m1/s1. The molecule has 1 fully saturated rings. The Hall–Kier alpha value is -1.89. The molecule has 140 valence electrons. The molecule has 7 heteroatoms. The van der Waals surface area contributed by atoms with Crippen molar-refractivity contribution in [2.45, 2.75) is 59.5 Å². The maximum absolute atomic E-state index is 12.8. The zero-order chi connectivity index (χ0) is 18.6. The number of likely N-dealkylation sites (tertiary alicyclic amines) is 1. The summed E-state index contributed by atoms with van der Waals surface area (Å²) in [5.74, 6) is 0.645. The summed E-state index contributed by atoms with van der Waals surface area (Å²) in [6, 6.07) is -0.226. The zero-order valence-electron chi connectivity index (χ0n) is 16.0. The van der Waals surface area contributed by atoms with E-state index in [-0.39, 0.29) is 29.7 Å². The Morgan fingerprint density at radius 1 is 1.28 bits per heavy atom. The first-order valence-electron chi connectivity index (χ1n) is 9.18. The monoisotopic (exact) mass is 350 g/mol. The average Bonchev–Trinajstić information content (AvgIpc) is 3.11. The van der Waals surface area contributed by atoms with Gasteiger partial charge in [0.15, 0.2) is 5.89 Å². The van der Waals surface area contributed by atoms with Crippen molar-refractivity contribution in [3.63, 3.8) is 0 Å². The summed E-state index contributed by atoms with van der Waals surface area (Å²) in [5, 5.41) is 3.01. The molecule has 0 radical (unpaired) electrons. The lowest BCUT2D eigenvalue weighted by Gasteiger charge is -2.28. The number of nitrogens with one attached hydrogen (secondary N) is 1. The van der Waals surface area contributed by atoms with E-state index in [1.54, 1.807) is 13.8 Å². The van der Waals surface area contributed by atoms with Gasteiger partial charge in [-0.25, -0.2) is 4.98 Å². The van der Waals surface area contributed by atoms with E-state index >= 15 is 0 Å². The van der Waals surface area contributed by atoms with Gasteiger partial charge in [0.05, 0.1) is 11.7 Å². The third kappa shape index (κ3) is 4.39. The van der Waals surface area contributed by atoms with Crippen LogP contribution in [0.2, 0.25) is 0 Å². The molecule has 0 aliphatic carbocycles. The second-order valence-corrected chi connectivity index (χ2v) is 6.57. The summed E-state index contributed by atoms with van der Waals surface area (Å²) in [6.45, 7) is 12.5. The molecule has 2 amide bonds. The Balaban J connectivity index is 2.07. The number of nitrogens with zero attached hydrogens (tertiary/aromatic N) is 3. The van der Waals surface area contributed by atoms with Gasteiger partial charge in [0.2, 0.25) is 11.7 Å². The second kappa shape index (κ2) is 8.47. The fourth-order valence-corrected chi connectivity index (χ4v) is 3.54. The normalized spacial score (nSPS) is 20.7. The van der Waals surface area contributed by atoms with E-state index in [4.69, 9.17) is 4.42 Å². The van der Waals surface area contributed by atoms with Crippen molar-refractivity contribution in [1.82, 2.24) is 20.1 Å². The molecule has 0 bridgehead atoms. The first-order chi connectivity index (χ1) is 11.9. The maximum atomic E-state index is 12.8. The molecule has 7 nitrogen and oxygen atoms in total. The molecule has 1 aromatic heterocycles. The Labute approximate surface area is 149 Å². The fourth-order valence-electron chi connectivity index (χ4n) is 3.54. The molecule has 2 heterocycles. The topological polar surface area (TPSA) is 78.7 Å². The molecular formula is C18H30N4O3. The summed E-state index contributed by atoms with van der Waals surface area (Å²) in [5.41, 5.74) is 0.592. The number of hydrogen-bond donors (Lipinski definition) is 1. The van der Waals surface area contributed by atoms with Crippen LogP contribution >= 0.6 is 0 Å². The van der Waals surface area contributed by atoms with E-state index in [0.717, 1.165) is 13.0 Å². The van der Waals surface area contributed by atoms with Gasteiger partial charge >= 0.3 is 0 Å². The van der Waals surface area contributed by atoms with Gasteiger partial charge < -0.3 is 14.6 Å². The number of hydrogen-bond acceptors (Lipinski definition) is 5. The largest absolute Gasteiger partial charge is 0.436 e. The van der Waals surface area contributed by atoms with E-state index in [2.05, 4.69) is 22.1 Å². The maximum Gasteiger partial charge on any atom is 0.289 e. The van der Waals surface area contributed by atoms with Crippen LogP contribution < -0.4 is 5.32 Å². The van der Waals surface area contributed by atoms with Crippen molar-refractivity contribution < 1.29 is 14.0 Å². The minimum Gasteiger partial charge on any atom is -0.436 e. The summed E-state index contributed by atoms with van der Waals surface area (Å²) in [4.78, 5) is 33.4. The molecule has 0 unspecified atom stereocenters. The highest BCUT2D eigenvalue weighted by Gasteiger charge is 2.38. The van der Waals surface area contributed by atoms with Crippen molar-refractivity contribution in [3.05, 3.63) is 17.3 Å². The van der Waals surface area contributed by atoms with Crippen molar-refractivity contribution in [1.29, 1.82) is 0 Å². The molecule has 25 heavy (non-hydrogen) atoms. The molecule has 0 aromatic carbocycles. The number of amides is 2. The number of carbonyl (C=O) groups is 2. The molecular weight excluding hydrogens is 320 g/mol. The molecule has 0 saturated carbocycles. The Bertz CT molecular complexity index is 609. The molecule has 1 aliphatic rings. The third-order valence-corrected chi connectivity index (χ3v) is 4.72. The number of rotatable bonds is 7. The first kappa shape index (κ1) is 19.4. The van der Waals surface area contributed by atoms with Crippen LogP contribution in [-0.4, -0.2) is 64.9 Å². The predicted molar refractivity (Wildman–Crippen MR) is 95.4 cm³/mol. The molecule has 1 aliphatic heterocycles. The summed E-state index contributed by atoms with van der Waals surface area (Å²) in [7, 11) is 0. The van der Waals surface area contributed by atoms with Crippen LogP contribution in [0.25, 0.3) is 0 Å². The van der Waals surface area contributed by atoms with E-state index in [9.17, 15) is 9.59 Å². The van der Waals surface area contributed by atoms with Crippen molar-refractivity contribution >= 4 is 11.8 Å². The predicted octanol–water partition coefficient (Wildman–Crippen LogP) is 1.74. The average molecular weight is 350 g/mol. The van der Waals surface area contributed by atoms with Crippen LogP contribution in [0.15, 0.2) is 4.42 Å². The van der Waals surface area contributed by atoms with E-state index in [1.165, 1.54) is 0 Å². The number of aromatic nitrogens is 1. The fraction of sp³-hybridized carbons (Fsp3) is 0.722. The Morgan fingerprint density at radius 3 is 2.48 bits per heavy atom. The lowest BCUT2D eigenvalue weighted by molar-refractivity contribution is -0.135. The van der Waals surface area contributed by atoms with Crippen molar-refractivity contribution in [2.24, 2.45) is 0 Å². The smallest absolute Gasteiger partial charge is 0.289 e. The lowest BCUT2D eigenvalue weighted by atomic mass is 10.1. The highest BCUT2D eigenvalue weighted by Crippen LogP contribution is 2.21. The summed E-state index contributed by atoms with van der Waals surface area (Å²) >= 11 is 0. The Morgan fingerprint density at radius 2 is 1.96 bits per heavy atom. The van der Waals surface area contributed by atoms with Gasteiger partial charge in [-0.2, -0.15) is 0 Å². The van der Waals surface area contributed by atoms with Crippen LogP contribution in [-0.2, 0) is 4.79 Å². The molecule has 1 aromatic rings. The van der Waals surface area contributed by atoms with E-state index in [0.29, 0.717) is 37.6 Å². The summed E-state index contributed by atoms with van der Waals surface area (Å²) in [6.07, 6.45) is 1.61. The van der Waals surface area contributed by atoms with Crippen LogP contribution in [0.3, 0.4) is 0 Å². The van der Waals surface area contributed by atoms with Crippen LogP contribution in [0.5, 0.6) is 0 Å². The minimum atomic E-state index is -0.254. The van der Waals surface area contributed by atoms with Crippen LogP contribution in [0, 0.1) is 13.8 Å². The van der Waals surface area contributed by atoms with Crippen molar-refractivity contribution in [2.75, 3.05) is 26.2 Å². The van der Waals surface area contributed by atoms with Gasteiger partial charge in [0.1, 0.15) is 0 Å². The number of carbonyl (C=O) groups excluding carboxylic acids is 2. The van der Waals surface area contributed by atoms with Crippen LogP contribution in [0.4, 0.5) is 0 Å². The highest BCUT2D eigenvalue weighted by molar-refractivity contribution is 5.92. The number of oxazole rings is 1. The third-order valence-electron chi connectivity index (χ3n) is 4.72. The quantitative estimate of drug-likeness (QED) is 0.810. The molecule has 1 saturated heterocycles. The van der Waals surface area contributed by atoms with Gasteiger partial charge in [-0.05, 0) is 40.2 Å². The van der Waals surface area contributed by atoms with Gasteiger partial charge in [-0.3, -0.25) is 14.5 Å². The molecule has 2 rings (SSSR count). The first-order valence-corrected chi connectivity index (χ1v) is 9.18. The molecule has 2 atom stereocenters. The molecule has 0 spiro atoms. The van der Waals surface area contributed by atoms with E-state index in [1.807, 2.05) is 18.7 Å². The zero-order valence-corrected chi connectivity index (χ0v) is 16.0. The lowest BCUT2D eigenvalue weighted by Crippen LogP contribution is -2.45.